The predicted molar refractivity (Wildman–Crippen MR) is 82.8 cm³/mol. The molecule has 1 atom stereocenters. The van der Waals surface area contributed by atoms with E-state index in [4.69, 9.17) is 10.7 Å². The number of benzene rings is 2. The molecular weight excluding hydrogens is 276 g/mol. The fourth-order valence-electron chi connectivity index (χ4n) is 1.92. The standard InChI is InChI=1S/C16H17ClOS/c1-16(2,3)14-8-4-12(5-9-14)13-6-10-15(11-7-13)19(17)18/h4-11H,1-3H3. The van der Waals surface area contributed by atoms with Crippen LogP contribution in [0.4, 0.5) is 0 Å². The first kappa shape index (κ1) is 14.3. The summed E-state index contributed by atoms with van der Waals surface area (Å²) in [4.78, 5) is 0.636. The van der Waals surface area contributed by atoms with Crippen LogP contribution < -0.4 is 0 Å². The van der Waals surface area contributed by atoms with Crippen LogP contribution in [0.5, 0.6) is 0 Å². The Balaban J connectivity index is 2.30. The van der Waals surface area contributed by atoms with E-state index in [1.807, 2.05) is 12.1 Å². The van der Waals surface area contributed by atoms with Crippen LogP contribution in [0, 0.1) is 0 Å². The van der Waals surface area contributed by atoms with Crippen LogP contribution in [0.25, 0.3) is 11.1 Å². The maximum absolute atomic E-state index is 11.1. The van der Waals surface area contributed by atoms with Gasteiger partial charge in [0, 0.05) is 0 Å². The van der Waals surface area contributed by atoms with Crippen LogP contribution in [-0.4, -0.2) is 4.21 Å². The average Bonchev–Trinajstić information content (AvgIpc) is 2.38. The minimum absolute atomic E-state index is 0.165. The van der Waals surface area contributed by atoms with Gasteiger partial charge < -0.3 is 0 Å². The van der Waals surface area contributed by atoms with Crippen molar-refractivity contribution in [1.82, 2.24) is 0 Å². The van der Waals surface area contributed by atoms with Gasteiger partial charge in [0.2, 0.25) is 0 Å². The molecule has 0 heterocycles. The second-order valence-corrected chi connectivity index (χ2v) is 7.33. The Bertz CT molecular complexity index is 580. The van der Waals surface area contributed by atoms with Gasteiger partial charge in [-0.1, -0.05) is 57.2 Å². The van der Waals surface area contributed by atoms with E-state index in [9.17, 15) is 4.21 Å². The molecule has 0 aliphatic rings. The Morgan fingerprint density at radius 1 is 0.842 bits per heavy atom. The Morgan fingerprint density at radius 3 is 1.63 bits per heavy atom. The average molecular weight is 293 g/mol. The molecule has 0 amide bonds. The van der Waals surface area contributed by atoms with Crippen LogP contribution in [0.1, 0.15) is 26.3 Å². The van der Waals surface area contributed by atoms with Gasteiger partial charge in [0.05, 0.1) is 4.90 Å². The smallest absolute Gasteiger partial charge is 0.147 e. The van der Waals surface area contributed by atoms with Gasteiger partial charge in [-0.05, 0) is 44.9 Å². The van der Waals surface area contributed by atoms with Gasteiger partial charge in [-0.3, -0.25) is 0 Å². The van der Waals surface area contributed by atoms with E-state index in [1.165, 1.54) is 5.56 Å². The molecule has 0 fully saturated rings. The zero-order chi connectivity index (χ0) is 14.0. The zero-order valence-electron chi connectivity index (χ0n) is 11.3. The third-order valence-corrected chi connectivity index (χ3v) is 4.30. The number of hydrogen-bond donors (Lipinski definition) is 0. The van der Waals surface area contributed by atoms with Gasteiger partial charge in [0.25, 0.3) is 0 Å². The van der Waals surface area contributed by atoms with Crippen molar-refractivity contribution in [2.45, 2.75) is 31.1 Å². The lowest BCUT2D eigenvalue weighted by molar-refractivity contribution is 0.590. The summed E-state index contributed by atoms with van der Waals surface area (Å²) in [6.45, 7) is 6.60. The van der Waals surface area contributed by atoms with Gasteiger partial charge >= 0.3 is 0 Å². The normalized spacial score (nSPS) is 13.3. The molecule has 1 unspecified atom stereocenters. The molecule has 3 heteroatoms. The van der Waals surface area contributed by atoms with Crippen molar-refractivity contribution in [1.29, 1.82) is 0 Å². The van der Waals surface area contributed by atoms with Gasteiger partial charge in [-0.25, -0.2) is 4.21 Å². The summed E-state index contributed by atoms with van der Waals surface area (Å²) in [5, 5.41) is 0. The van der Waals surface area contributed by atoms with Crippen molar-refractivity contribution in [3.63, 3.8) is 0 Å². The summed E-state index contributed by atoms with van der Waals surface area (Å²) in [5.41, 5.74) is 3.73. The van der Waals surface area contributed by atoms with Crippen molar-refractivity contribution in [2.24, 2.45) is 0 Å². The molecule has 1 nitrogen and oxygen atoms in total. The molecule has 0 aliphatic carbocycles. The SMILES string of the molecule is CC(C)(C)c1ccc(-c2ccc(S(=O)Cl)cc2)cc1. The summed E-state index contributed by atoms with van der Waals surface area (Å²) in [6, 6.07) is 16.0. The molecule has 100 valence electrons. The highest BCUT2D eigenvalue weighted by molar-refractivity contribution is 8.08. The lowest BCUT2D eigenvalue weighted by Gasteiger charge is -2.19. The first-order valence-electron chi connectivity index (χ1n) is 6.17. The van der Waals surface area contributed by atoms with E-state index in [0.717, 1.165) is 11.1 Å². The van der Waals surface area contributed by atoms with Crippen molar-refractivity contribution >= 4 is 20.7 Å². The molecule has 0 bridgehead atoms. The Labute approximate surface area is 121 Å². The molecule has 0 saturated carbocycles. The largest absolute Gasteiger partial charge is 0.237 e. The van der Waals surface area contributed by atoms with E-state index < -0.39 is 10.0 Å². The van der Waals surface area contributed by atoms with Crippen LogP contribution in [0.15, 0.2) is 53.4 Å². The molecule has 0 saturated heterocycles. The third-order valence-electron chi connectivity index (χ3n) is 3.12. The monoisotopic (exact) mass is 292 g/mol. The maximum atomic E-state index is 11.1. The summed E-state index contributed by atoms with van der Waals surface area (Å²) in [7, 11) is 4.11. The molecule has 19 heavy (non-hydrogen) atoms. The molecule has 2 aromatic rings. The van der Waals surface area contributed by atoms with Gasteiger partial charge in [0.15, 0.2) is 0 Å². The topological polar surface area (TPSA) is 17.1 Å². The maximum Gasteiger partial charge on any atom is 0.147 e. The quantitative estimate of drug-likeness (QED) is 0.719. The minimum Gasteiger partial charge on any atom is -0.237 e. The molecule has 0 aliphatic heterocycles. The zero-order valence-corrected chi connectivity index (χ0v) is 12.9. The molecule has 0 radical (unpaired) electrons. The fourth-order valence-corrected chi connectivity index (χ4v) is 2.58. The van der Waals surface area contributed by atoms with Gasteiger partial charge in [-0.2, -0.15) is 0 Å². The van der Waals surface area contributed by atoms with Crippen molar-refractivity contribution in [3.8, 4) is 11.1 Å². The second kappa shape index (κ2) is 5.48. The second-order valence-electron chi connectivity index (χ2n) is 5.58. The Morgan fingerprint density at radius 2 is 1.26 bits per heavy atom. The number of rotatable bonds is 2. The third kappa shape index (κ3) is 3.46. The van der Waals surface area contributed by atoms with Gasteiger partial charge in [-0.15, -0.1) is 0 Å². The van der Waals surface area contributed by atoms with Crippen molar-refractivity contribution in [3.05, 3.63) is 54.1 Å². The lowest BCUT2D eigenvalue weighted by Crippen LogP contribution is -2.10. The fraction of sp³-hybridized carbons (Fsp3) is 0.250. The first-order valence-corrected chi connectivity index (χ1v) is 8.14. The van der Waals surface area contributed by atoms with Gasteiger partial charge in [0.1, 0.15) is 10.0 Å². The number of halogens is 1. The van der Waals surface area contributed by atoms with E-state index in [1.54, 1.807) is 12.1 Å². The predicted octanol–water partition coefficient (Wildman–Crippen LogP) is 4.91. The molecule has 0 spiro atoms. The van der Waals surface area contributed by atoms with Crippen LogP contribution >= 0.6 is 10.7 Å². The Hall–Kier alpha value is -1.12. The summed E-state index contributed by atoms with van der Waals surface area (Å²) in [5.74, 6) is 0. The molecule has 2 aromatic carbocycles. The molecule has 2 rings (SSSR count). The van der Waals surface area contributed by atoms with Crippen LogP contribution in [0.2, 0.25) is 0 Å². The van der Waals surface area contributed by atoms with Crippen molar-refractivity contribution in [2.75, 3.05) is 0 Å². The van der Waals surface area contributed by atoms with Crippen LogP contribution in [-0.2, 0) is 15.4 Å². The van der Waals surface area contributed by atoms with E-state index in [2.05, 4.69) is 45.0 Å². The van der Waals surface area contributed by atoms with E-state index in [-0.39, 0.29) is 5.41 Å². The van der Waals surface area contributed by atoms with E-state index in [0.29, 0.717) is 4.90 Å². The summed E-state index contributed by atoms with van der Waals surface area (Å²) in [6.07, 6.45) is 0. The highest BCUT2D eigenvalue weighted by Gasteiger charge is 2.13. The molecule has 0 aromatic heterocycles. The van der Waals surface area contributed by atoms with Crippen molar-refractivity contribution < 1.29 is 4.21 Å². The van der Waals surface area contributed by atoms with Crippen LogP contribution in [0.3, 0.4) is 0 Å². The summed E-state index contributed by atoms with van der Waals surface area (Å²) < 4.78 is 11.1. The first-order chi connectivity index (χ1) is 8.88. The Kier molecular flexibility index (Phi) is 4.12. The highest BCUT2D eigenvalue weighted by atomic mass is 35.7. The summed E-state index contributed by atoms with van der Waals surface area (Å²) >= 11 is 0. The minimum atomic E-state index is -1.44. The molecular formula is C16H17ClOS. The molecule has 0 N–H and O–H groups in total. The van der Waals surface area contributed by atoms with E-state index >= 15 is 0 Å². The lowest BCUT2D eigenvalue weighted by atomic mass is 9.86. The number of hydrogen-bond acceptors (Lipinski definition) is 1. The highest BCUT2D eigenvalue weighted by Crippen LogP contribution is 2.26.